The van der Waals surface area contributed by atoms with E-state index in [-0.39, 0.29) is 12.5 Å². The van der Waals surface area contributed by atoms with Crippen LogP contribution in [0.4, 0.5) is 0 Å². The van der Waals surface area contributed by atoms with Crippen LogP contribution in [0, 0.1) is 10.1 Å². The maximum Gasteiger partial charge on any atom is 0.275 e. The highest BCUT2D eigenvalue weighted by atomic mass is 35.5. The Kier molecular flexibility index (Phi) is 4.79. The minimum atomic E-state index is -0.905. The van der Waals surface area contributed by atoms with Crippen molar-refractivity contribution in [1.29, 1.82) is 0 Å². The van der Waals surface area contributed by atoms with E-state index in [0.29, 0.717) is 4.47 Å². The third kappa shape index (κ3) is 5.22. The van der Waals surface area contributed by atoms with Gasteiger partial charge in [-0.1, -0.05) is 11.6 Å². The monoisotopic (exact) mass is 277 g/mol. The fraction of sp³-hybridized carbons (Fsp3) is 0.286. The quantitative estimate of drug-likeness (QED) is 0.363. The molecule has 10 heteroatoms. The van der Waals surface area contributed by atoms with Gasteiger partial charge in [-0.2, -0.15) is 0 Å². The van der Waals surface area contributed by atoms with Crippen LogP contribution in [0.1, 0.15) is 11.8 Å². The number of aromatic nitrogens is 1. The molecule has 1 heterocycles. The molecule has 0 unspecified atom stereocenters. The molecule has 2 N–H and O–H groups in total. The average Bonchev–Trinajstić information content (AvgIpc) is 2.59. The number of amides is 1. The van der Waals surface area contributed by atoms with E-state index < -0.39 is 10.9 Å². The van der Waals surface area contributed by atoms with Gasteiger partial charge in [0.2, 0.25) is 5.91 Å². The zero-order chi connectivity index (χ0) is 12.8. The highest BCUT2D eigenvalue weighted by molar-refractivity contribution is 7.15. The van der Waals surface area contributed by atoms with E-state index in [0.717, 1.165) is 4.88 Å². The Balaban J connectivity index is 2.61. The molecule has 17 heavy (non-hydrogen) atoms. The van der Waals surface area contributed by atoms with E-state index in [1.807, 2.05) is 0 Å². The van der Waals surface area contributed by atoms with Gasteiger partial charge in [0.05, 0.1) is 6.54 Å². The number of carbonyl (C=O) groups excluding carboxylic acids is 1. The molecule has 0 radical (unpaired) electrons. The van der Waals surface area contributed by atoms with Crippen molar-refractivity contribution < 1.29 is 9.83 Å². The molecule has 92 valence electrons. The molecule has 0 aliphatic heterocycles. The van der Waals surface area contributed by atoms with Crippen molar-refractivity contribution in [2.75, 3.05) is 0 Å². The first-order chi connectivity index (χ1) is 7.97. The van der Waals surface area contributed by atoms with Crippen molar-refractivity contribution in [3.05, 3.63) is 25.7 Å². The van der Waals surface area contributed by atoms with Crippen molar-refractivity contribution in [2.45, 2.75) is 13.5 Å². The summed E-state index contributed by atoms with van der Waals surface area (Å²) in [5, 5.41) is 17.1. The summed E-state index contributed by atoms with van der Waals surface area (Å²) < 4.78 is 0.370. The fourth-order valence-corrected chi connectivity index (χ4v) is 1.81. The SMILES string of the molecule is CC(=O)N/C(=N\[N+](=O)[O-])NCc1cnc(Cl)s1. The van der Waals surface area contributed by atoms with Crippen molar-refractivity contribution in [3.8, 4) is 0 Å². The van der Waals surface area contributed by atoms with E-state index in [4.69, 9.17) is 11.6 Å². The van der Waals surface area contributed by atoms with Crippen LogP contribution >= 0.6 is 22.9 Å². The summed E-state index contributed by atoms with van der Waals surface area (Å²) in [4.78, 5) is 25.5. The van der Waals surface area contributed by atoms with Crippen LogP contribution in [0.2, 0.25) is 4.47 Å². The molecular weight excluding hydrogens is 270 g/mol. The van der Waals surface area contributed by atoms with E-state index in [1.165, 1.54) is 24.5 Å². The topological polar surface area (TPSA) is 110 Å². The molecule has 0 saturated heterocycles. The molecule has 0 aliphatic carbocycles. The van der Waals surface area contributed by atoms with E-state index >= 15 is 0 Å². The maximum absolute atomic E-state index is 10.8. The largest absolute Gasteiger partial charge is 0.346 e. The van der Waals surface area contributed by atoms with Crippen LogP contribution in [-0.4, -0.2) is 21.9 Å². The summed E-state index contributed by atoms with van der Waals surface area (Å²) in [6, 6.07) is 0. The van der Waals surface area contributed by atoms with Gasteiger partial charge >= 0.3 is 0 Å². The predicted molar refractivity (Wildman–Crippen MR) is 62.2 cm³/mol. The van der Waals surface area contributed by atoms with Gasteiger partial charge in [0.15, 0.2) is 9.50 Å². The van der Waals surface area contributed by atoms with Crippen LogP contribution in [0.25, 0.3) is 0 Å². The molecule has 0 fully saturated rings. The number of rotatable bonds is 3. The number of nitrogens with one attached hydrogen (secondary N) is 2. The van der Waals surface area contributed by atoms with Crippen LogP contribution < -0.4 is 10.6 Å². The molecule has 1 amide bonds. The van der Waals surface area contributed by atoms with Gasteiger partial charge in [0.1, 0.15) is 5.10 Å². The average molecular weight is 278 g/mol. The lowest BCUT2D eigenvalue weighted by Gasteiger charge is -2.04. The van der Waals surface area contributed by atoms with E-state index in [9.17, 15) is 14.9 Å². The zero-order valence-electron chi connectivity index (χ0n) is 8.64. The Morgan fingerprint density at radius 2 is 2.47 bits per heavy atom. The van der Waals surface area contributed by atoms with Gasteiger partial charge in [0.25, 0.3) is 5.96 Å². The number of hydrogen-bond donors (Lipinski definition) is 2. The molecule has 8 nitrogen and oxygen atoms in total. The Morgan fingerprint density at radius 1 is 1.76 bits per heavy atom. The first kappa shape index (κ1) is 13.3. The first-order valence-electron chi connectivity index (χ1n) is 4.32. The minimum Gasteiger partial charge on any atom is -0.346 e. The second-order valence-corrected chi connectivity index (χ2v) is 4.50. The Bertz CT molecular complexity index is 460. The molecule has 1 rings (SSSR count). The Hall–Kier alpha value is -1.74. The standard InChI is InChI=1S/C7H8ClN5O3S/c1-4(14)11-7(12-13(15)16)10-3-5-2-9-6(8)17-5/h2H,3H2,1H3,(H2,10,11,12,14). The molecule has 0 aliphatic rings. The molecule has 0 aromatic carbocycles. The van der Waals surface area contributed by atoms with Crippen LogP contribution in [-0.2, 0) is 11.3 Å². The lowest BCUT2D eigenvalue weighted by atomic mass is 10.5. The fourth-order valence-electron chi connectivity index (χ4n) is 0.889. The number of guanidine groups is 1. The van der Waals surface area contributed by atoms with Crippen LogP contribution in [0.5, 0.6) is 0 Å². The molecular formula is C7H8ClN5O3S. The summed E-state index contributed by atoms with van der Waals surface area (Å²) >= 11 is 6.84. The van der Waals surface area contributed by atoms with Crippen molar-refractivity contribution in [2.24, 2.45) is 5.10 Å². The molecule has 0 spiro atoms. The van der Waals surface area contributed by atoms with Crippen molar-refractivity contribution in [1.82, 2.24) is 15.6 Å². The number of carbonyl (C=O) groups is 1. The maximum atomic E-state index is 10.8. The second kappa shape index (κ2) is 6.11. The lowest BCUT2D eigenvalue weighted by molar-refractivity contribution is -0.485. The van der Waals surface area contributed by atoms with E-state index in [1.54, 1.807) is 0 Å². The number of nitrogens with zero attached hydrogens (tertiary/aromatic N) is 3. The summed E-state index contributed by atoms with van der Waals surface area (Å²) in [6.45, 7) is 1.46. The zero-order valence-corrected chi connectivity index (χ0v) is 10.2. The first-order valence-corrected chi connectivity index (χ1v) is 5.51. The summed E-state index contributed by atoms with van der Waals surface area (Å²) in [7, 11) is 0. The van der Waals surface area contributed by atoms with Gasteiger partial charge in [0, 0.05) is 18.0 Å². The highest BCUT2D eigenvalue weighted by Crippen LogP contribution is 2.16. The molecule has 0 bridgehead atoms. The van der Waals surface area contributed by atoms with Crippen molar-refractivity contribution >= 4 is 34.8 Å². The highest BCUT2D eigenvalue weighted by Gasteiger charge is 2.07. The van der Waals surface area contributed by atoms with Gasteiger partial charge in [-0.3, -0.25) is 10.1 Å². The van der Waals surface area contributed by atoms with Gasteiger partial charge in [-0.25, -0.2) is 15.1 Å². The summed E-state index contributed by atoms with van der Waals surface area (Å²) in [5.41, 5.74) is 0. The van der Waals surface area contributed by atoms with E-state index in [2.05, 4.69) is 20.7 Å². The van der Waals surface area contributed by atoms with Gasteiger partial charge in [-0.15, -0.1) is 11.3 Å². The minimum absolute atomic E-state index is 0.230. The third-order valence-corrected chi connectivity index (χ3v) is 2.55. The lowest BCUT2D eigenvalue weighted by Crippen LogP contribution is -2.40. The number of thiazole rings is 1. The van der Waals surface area contributed by atoms with Crippen LogP contribution in [0.15, 0.2) is 11.3 Å². The summed E-state index contributed by atoms with van der Waals surface area (Å²) in [6.07, 6.45) is 1.53. The number of nitro groups is 1. The molecule has 1 aromatic rings. The van der Waals surface area contributed by atoms with Crippen LogP contribution in [0.3, 0.4) is 0 Å². The van der Waals surface area contributed by atoms with Gasteiger partial charge in [-0.05, 0) is 0 Å². The number of hydrazone groups is 1. The number of hydrogen-bond acceptors (Lipinski definition) is 5. The Labute approximate surface area is 105 Å². The third-order valence-electron chi connectivity index (χ3n) is 1.43. The number of halogens is 1. The summed E-state index contributed by atoms with van der Waals surface area (Å²) in [5.74, 6) is -0.688. The molecule has 0 atom stereocenters. The molecule has 1 aromatic heterocycles. The molecule has 0 saturated carbocycles. The second-order valence-electron chi connectivity index (χ2n) is 2.80. The van der Waals surface area contributed by atoms with Gasteiger partial charge < -0.3 is 5.32 Å². The normalized spacial score (nSPS) is 11.1. The van der Waals surface area contributed by atoms with Crippen molar-refractivity contribution in [3.63, 3.8) is 0 Å². The Morgan fingerprint density at radius 3 is 2.94 bits per heavy atom. The smallest absolute Gasteiger partial charge is 0.275 e. The predicted octanol–water partition coefficient (Wildman–Crippen LogP) is 0.570.